The van der Waals surface area contributed by atoms with Crippen molar-refractivity contribution < 1.29 is 4.42 Å². The van der Waals surface area contributed by atoms with Crippen LogP contribution in [0.25, 0.3) is 22.4 Å². The lowest BCUT2D eigenvalue weighted by atomic mass is 10.1. The topological polar surface area (TPSA) is 77.5 Å². The van der Waals surface area contributed by atoms with Gasteiger partial charge in [0.1, 0.15) is 21.7 Å². The highest BCUT2D eigenvalue weighted by Crippen LogP contribution is 2.25. The van der Waals surface area contributed by atoms with Crippen LogP contribution in [-0.4, -0.2) is 14.6 Å². The Bertz CT molecular complexity index is 1570. The first-order valence-corrected chi connectivity index (χ1v) is 10.6. The summed E-state index contributed by atoms with van der Waals surface area (Å²) >= 11 is 7.14. The molecule has 6 nitrogen and oxygen atoms in total. The van der Waals surface area contributed by atoms with Crippen molar-refractivity contribution in [1.82, 2.24) is 14.6 Å². The zero-order valence-corrected chi connectivity index (χ0v) is 17.6. The molecule has 2 aromatic carbocycles. The van der Waals surface area contributed by atoms with E-state index in [4.69, 9.17) is 16.0 Å². The highest BCUT2D eigenvalue weighted by molar-refractivity contribution is 7.15. The zero-order chi connectivity index (χ0) is 21.4. The summed E-state index contributed by atoms with van der Waals surface area (Å²) in [6, 6.07) is 20.4. The van der Waals surface area contributed by atoms with Gasteiger partial charge in [-0.3, -0.25) is 9.59 Å². The van der Waals surface area contributed by atoms with E-state index in [0.717, 1.165) is 22.5 Å². The number of furan rings is 1. The number of aromatic nitrogens is 3. The molecule has 0 N–H and O–H groups in total. The second-order valence-electron chi connectivity index (χ2n) is 6.85. The molecule has 0 amide bonds. The van der Waals surface area contributed by atoms with Crippen LogP contribution in [0.2, 0.25) is 5.02 Å². The van der Waals surface area contributed by atoms with Gasteiger partial charge in [-0.25, -0.2) is 0 Å². The van der Waals surface area contributed by atoms with Crippen molar-refractivity contribution in [3.8, 4) is 11.3 Å². The number of fused-ring (bicyclic) bond motifs is 1. The monoisotopic (exact) mass is 447 g/mol. The fourth-order valence-electron chi connectivity index (χ4n) is 3.20. The third kappa shape index (κ3) is 3.93. The predicted molar refractivity (Wildman–Crippen MR) is 121 cm³/mol. The van der Waals surface area contributed by atoms with E-state index in [1.54, 1.807) is 24.3 Å². The van der Waals surface area contributed by atoms with Crippen molar-refractivity contribution >= 4 is 34.0 Å². The molecule has 0 fully saturated rings. The van der Waals surface area contributed by atoms with Crippen molar-refractivity contribution in [2.24, 2.45) is 0 Å². The third-order valence-electron chi connectivity index (χ3n) is 4.67. The summed E-state index contributed by atoms with van der Waals surface area (Å²) in [7, 11) is 0. The lowest BCUT2D eigenvalue weighted by Gasteiger charge is -1.99. The van der Waals surface area contributed by atoms with Crippen molar-refractivity contribution in [3.63, 3.8) is 0 Å². The average molecular weight is 448 g/mol. The molecule has 0 radical (unpaired) electrons. The Morgan fingerprint density at radius 2 is 1.87 bits per heavy atom. The van der Waals surface area contributed by atoms with Gasteiger partial charge in [-0.1, -0.05) is 65.4 Å². The van der Waals surface area contributed by atoms with E-state index in [-0.39, 0.29) is 16.2 Å². The van der Waals surface area contributed by atoms with E-state index in [1.165, 1.54) is 4.52 Å². The first-order valence-electron chi connectivity index (χ1n) is 9.41. The van der Waals surface area contributed by atoms with E-state index in [9.17, 15) is 9.59 Å². The van der Waals surface area contributed by atoms with E-state index < -0.39 is 5.56 Å². The molecule has 3 aromatic heterocycles. The van der Waals surface area contributed by atoms with Gasteiger partial charge in [0.05, 0.1) is 0 Å². The van der Waals surface area contributed by atoms with Gasteiger partial charge in [0.25, 0.3) is 11.1 Å². The summed E-state index contributed by atoms with van der Waals surface area (Å²) in [5.41, 5.74) is 1.21. The van der Waals surface area contributed by atoms with E-state index in [1.807, 2.05) is 48.5 Å². The summed E-state index contributed by atoms with van der Waals surface area (Å²) in [5, 5.41) is 4.88. The number of halogens is 1. The molecule has 0 aliphatic carbocycles. The minimum Gasteiger partial charge on any atom is -0.457 e. The van der Waals surface area contributed by atoms with Gasteiger partial charge in [-0.05, 0) is 29.8 Å². The fraction of sp³-hybridized carbons (Fsp3) is 0.0435. The Morgan fingerprint density at radius 3 is 2.68 bits per heavy atom. The number of hydrogen-bond donors (Lipinski definition) is 0. The molecule has 0 aliphatic rings. The van der Waals surface area contributed by atoms with Crippen LogP contribution in [-0.2, 0) is 6.42 Å². The van der Waals surface area contributed by atoms with Crippen LogP contribution in [0.3, 0.4) is 0 Å². The SMILES string of the molecule is O=c1nc2sc(=Cc3ccc(-c4cccc(Cl)c4)o3)c(=O)n2nc1Cc1ccccc1. The van der Waals surface area contributed by atoms with Crippen LogP contribution in [0, 0.1) is 0 Å². The van der Waals surface area contributed by atoms with Gasteiger partial charge in [-0.2, -0.15) is 14.6 Å². The molecule has 0 atom stereocenters. The number of nitrogens with zero attached hydrogens (tertiary/aromatic N) is 3. The van der Waals surface area contributed by atoms with Crippen LogP contribution in [0.4, 0.5) is 0 Å². The maximum absolute atomic E-state index is 12.8. The van der Waals surface area contributed by atoms with Crippen LogP contribution in [0.15, 0.2) is 80.7 Å². The Morgan fingerprint density at radius 1 is 1.03 bits per heavy atom. The molecule has 152 valence electrons. The quantitative estimate of drug-likeness (QED) is 0.421. The van der Waals surface area contributed by atoms with E-state index in [2.05, 4.69) is 10.1 Å². The molecule has 0 aliphatic heterocycles. The van der Waals surface area contributed by atoms with Crippen molar-refractivity contribution in [2.75, 3.05) is 0 Å². The molecule has 8 heteroatoms. The minimum atomic E-state index is -0.433. The lowest BCUT2D eigenvalue weighted by Crippen LogP contribution is -2.28. The van der Waals surface area contributed by atoms with Crippen LogP contribution in [0.1, 0.15) is 17.0 Å². The molecule has 5 rings (SSSR count). The predicted octanol–water partition coefficient (Wildman–Crippen LogP) is 3.56. The first kappa shape index (κ1) is 19.4. The molecule has 0 saturated carbocycles. The lowest BCUT2D eigenvalue weighted by molar-refractivity contribution is 0.571. The van der Waals surface area contributed by atoms with Gasteiger partial charge in [-0.15, -0.1) is 0 Å². The molecule has 0 unspecified atom stereocenters. The van der Waals surface area contributed by atoms with Gasteiger partial charge in [0, 0.05) is 23.1 Å². The van der Waals surface area contributed by atoms with Crippen LogP contribution in [0.5, 0.6) is 0 Å². The average Bonchev–Trinajstić information content (AvgIpc) is 3.35. The van der Waals surface area contributed by atoms with E-state index >= 15 is 0 Å². The van der Waals surface area contributed by atoms with Crippen LogP contribution < -0.4 is 15.7 Å². The van der Waals surface area contributed by atoms with E-state index in [0.29, 0.717) is 27.5 Å². The normalized spacial score (nSPS) is 12.0. The Balaban J connectivity index is 1.54. The summed E-state index contributed by atoms with van der Waals surface area (Å²) in [5.74, 6) is 1.14. The third-order valence-corrected chi connectivity index (χ3v) is 5.87. The summed E-state index contributed by atoms with van der Waals surface area (Å²) in [6.07, 6.45) is 1.93. The number of benzene rings is 2. The maximum Gasteiger partial charge on any atom is 0.296 e. The summed E-state index contributed by atoms with van der Waals surface area (Å²) in [4.78, 5) is 29.5. The number of hydrogen-bond acceptors (Lipinski definition) is 6. The first-order chi connectivity index (χ1) is 15.1. The standard InChI is InChI=1S/C23H14ClN3O3S/c24-16-8-4-7-15(12-16)19-10-9-17(30-19)13-20-22(29)27-23(31-20)25-21(28)18(26-27)11-14-5-2-1-3-6-14/h1-10,12-13H,11H2. The van der Waals surface area contributed by atoms with Crippen molar-refractivity contribution in [2.45, 2.75) is 6.42 Å². The minimum absolute atomic E-state index is 0.228. The highest BCUT2D eigenvalue weighted by atomic mass is 35.5. The fourth-order valence-corrected chi connectivity index (χ4v) is 4.27. The zero-order valence-electron chi connectivity index (χ0n) is 16.0. The summed E-state index contributed by atoms with van der Waals surface area (Å²) < 4.78 is 7.40. The van der Waals surface area contributed by atoms with Gasteiger partial charge in [0.15, 0.2) is 0 Å². The Labute approximate surface area is 184 Å². The maximum atomic E-state index is 12.8. The molecule has 0 saturated heterocycles. The van der Waals surface area contributed by atoms with Crippen LogP contribution >= 0.6 is 22.9 Å². The van der Waals surface area contributed by atoms with Crippen molar-refractivity contribution in [1.29, 1.82) is 0 Å². The molecule has 31 heavy (non-hydrogen) atoms. The Kier molecular flexibility index (Phi) is 4.97. The number of thiazole rings is 1. The van der Waals surface area contributed by atoms with Crippen molar-refractivity contribution in [3.05, 3.63) is 114 Å². The highest BCUT2D eigenvalue weighted by Gasteiger charge is 2.12. The molecule has 3 heterocycles. The summed E-state index contributed by atoms with van der Waals surface area (Å²) in [6.45, 7) is 0. The second-order valence-corrected chi connectivity index (χ2v) is 8.29. The second kappa shape index (κ2) is 7.94. The molecule has 5 aromatic rings. The Hall–Kier alpha value is -3.55. The smallest absolute Gasteiger partial charge is 0.296 e. The molecular formula is C23H14ClN3O3S. The molecular weight excluding hydrogens is 434 g/mol. The largest absolute Gasteiger partial charge is 0.457 e. The van der Waals surface area contributed by atoms with Gasteiger partial charge >= 0.3 is 0 Å². The van der Waals surface area contributed by atoms with Gasteiger partial charge in [0.2, 0.25) is 4.96 Å². The van der Waals surface area contributed by atoms with Gasteiger partial charge < -0.3 is 4.42 Å². The molecule has 0 bridgehead atoms. The molecule has 0 spiro atoms. The number of rotatable bonds is 4.